The molecule has 0 radical (unpaired) electrons. The van der Waals surface area contributed by atoms with Crippen molar-refractivity contribution in [1.82, 2.24) is 15.6 Å². The Morgan fingerprint density at radius 3 is 2.52 bits per heavy atom. The van der Waals surface area contributed by atoms with Crippen LogP contribution in [0.1, 0.15) is 29.7 Å². The minimum atomic E-state index is -0.0192. The largest absolute Gasteiger partial charge is 0.444 e. The highest BCUT2D eigenvalue weighted by Gasteiger charge is 2.10. The number of hydrogen-bond acceptors (Lipinski definition) is 4. The number of oxazole rings is 1. The highest BCUT2D eigenvalue weighted by atomic mass is 127. The molecule has 1 unspecified atom stereocenters. The van der Waals surface area contributed by atoms with Gasteiger partial charge in [-0.15, -0.1) is 24.0 Å². The Hall–Kier alpha value is -2.39. The van der Waals surface area contributed by atoms with E-state index in [9.17, 15) is 5.11 Å². The third-order valence-corrected chi connectivity index (χ3v) is 4.83. The van der Waals surface area contributed by atoms with Gasteiger partial charge in [0.05, 0.1) is 18.8 Å². The maximum absolute atomic E-state index is 9.73. The van der Waals surface area contributed by atoms with Crippen LogP contribution < -0.4 is 10.6 Å². The van der Waals surface area contributed by atoms with Crippen molar-refractivity contribution in [2.45, 2.75) is 26.2 Å². The lowest BCUT2D eigenvalue weighted by Crippen LogP contribution is -2.38. The lowest BCUT2D eigenvalue weighted by atomic mass is 10.0. The van der Waals surface area contributed by atoms with Crippen LogP contribution in [0.15, 0.2) is 70.3 Å². The van der Waals surface area contributed by atoms with E-state index in [4.69, 9.17) is 4.42 Å². The van der Waals surface area contributed by atoms with Crippen molar-refractivity contribution in [3.05, 3.63) is 77.7 Å². The molecule has 0 spiro atoms. The van der Waals surface area contributed by atoms with E-state index in [0.717, 1.165) is 35.7 Å². The number of aliphatic imine (C=N–C) groups is 1. The van der Waals surface area contributed by atoms with Crippen LogP contribution in [0.3, 0.4) is 0 Å². The van der Waals surface area contributed by atoms with Gasteiger partial charge in [-0.05, 0) is 31.5 Å². The molecule has 0 aliphatic rings. The van der Waals surface area contributed by atoms with Crippen molar-refractivity contribution >= 4 is 29.9 Å². The molecular formula is C24H31IN4O2. The molecule has 0 aliphatic carbocycles. The first kappa shape index (κ1) is 24.9. The zero-order valence-electron chi connectivity index (χ0n) is 18.0. The number of aryl methyl sites for hydroxylation is 1. The second kappa shape index (κ2) is 13.1. The van der Waals surface area contributed by atoms with Gasteiger partial charge in [0.25, 0.3) is 0 Å². The SMILES string of the molecule is CCNC(=NCC(CO)c1ccccc1)NCCc1coc(-c2ccc(C)cc2)n1.I. The summed E-state index contributed by atoms with van der Waals surface area (Å²) in [4.78, 5) is 9.22. The second-order valence-corrected chi connectivity index (χ2v) is 7.20. The van der Waals surface area contributed by atoms with Crippen molar-refractivity contribution in [2.75, 3.05) is 26.2 Å². The zero-order chi connectivity index (χ0) is 21.2. The van der Waals surface area contributed by atoms with Crippen LogP contribution in [-0.2, 0) is 6.42 Å². The molecular weight excluding hydrogens is 503 g/mol. The van der Waals surface area contributed by atoms with Gasteiger partial charge in [0, 0.05) is 31.0 Å². The molecule has 0 fully saturated rings. The van der Waals surface area contributed by atoms with E-state index in [1.165, 1.54) is 5.56 Å². The van der Waals surface area contributed by atoms with Crippen LogP contribution in [0, 0.1) is 6.92 Å². The van der Waals surface area contributed by atoms with Gasteiger partial charge < -0.3 is 20.2 Å². The summed E-state index contributed by atoms with van der Waals surface area (Å²) in [7, 11) is 0. The van der Waals surface area contributed by atoms with E-state index in [1.54, 1.807) is 6.26 Å². The first-order chi connectivity index (χ1) is 14.7. The Bertz CT molecular complexity index is 926. The monoisotopic (exact) mass is 534 g/mol. The Kier molecular flexibility index (Phi) is 10.5. The molecule has 0 saturated carbocycles. The summed E-state index contributed by atoms with van der Waals surface area (Å²) >= 11 is 0. The molecule has 3 N–H and O–H groups in total. The zero-order valence-corrected chi connectivity index (χ0v) is 20.4. The number of benzene rings is 2. The van der Waals surface area contributed by atoms with E-state index in [2.05, 4.69) is 39.7 Å². The third-order valence-electron chi connectivity index (χ3n) is 4.83. The molecule has 1 aromatic heterocycles. The molecule has 1 heterocycles. The van der Waals surface area contributed by atoms with E-state index in [1.807, 2.05) is 49.4 Å². The maximum Gasteiger partial charge on any atom is 0.226 e. The van der Waals surface area contributed by atoms with Crippen molar-refractivity contribution < 1.29 is 9.52 Å². The summed E-state index contributed by atoms with van der Waals surface area (Å²) in [5.74, 6) is 1.35. The van der Waals surface area contributed by atoms with Gasteiger partial charge in [-0.3, -0.25) is 4.99 Å². The third kappa shape index (κ3) is 7.66. The molecule has 1 atom stereocenters. The van der Waals surface area contributed by atoms with Crippen LogP contribution >= 0.6 is 24.0 Å². The molecule has 7 heteroatoms. The van der Waals surface area contributed by atoms with Crippen LogP contribution in [0.25, 0.3) is 11.5 Å². The number of hydrogen-bond donors (Lipinski definition) is 3. The van der Waals surface area contributed by atoms with Gasteiger partial charge in [0.1, 0.15) is 6.26 Å². The minimum absolute atomic E-state index is 0. The summed E-state index contributed by atoms with van der Waals surface area (Å²) in [5.41, 5.74) is 4.17. The lowest BCUT2D eigenvalue weighted by molar-refractivity contribution is 0.268. The highest BCUT2D eigenvalue weighted by Crippen LogP contribution is 2.19. The number of nitrogens with one attached hydrogen (secondary N) is 2. The van der Waals surface area contributed by atoms with E-state index < -0.39 is 0 Å². The normalized spacial score (nSPS) is 12.2. The van der Waals surface area contributed by atoms with Crippen molar-refractivity contribution in [2.24, 2.45) is 4.99 Å². The standard InChI is InChI=1S/C24H30N4O2.HI/c1-3-25-24(27-15-21(16-29)19-7-5-4-6-8-19)26-14-13-22-17-30-23(28-22)20-11-9-18(2)10-12-20;/h4-12,17,21,29H,3,13-16H2,1-2H3,(H2,25,26,27);1H. The van der Waals surface area contributed by atoms with E-state index in [0.29, 0.717) is 19.0 Å². The topological polar surface area (TPSA) is 82.7 Å². The van der Waals surface area contributed by atoms with Crippen molar-refractivity contribution in [3.8, 4) is 11.5 Å². The summed E-state index contributed by atoms with van der Waals surface area (Å²) in [6.45, 7) is 6.11. The predicted octanol–water partition coefficient (Wildman–Crippen LogP) is 4.14. The van der Waals surface area contributed by atoms with Crippen LogP contribution in [0.5, 0.6) is 0 Å². The van der Waals surface area contributed by atoms with Gasteiger partial charge in [0.2, 0.25) is 5.89 Å². The average molecular weight is 534 g/mol. The minimum Gasteiger partial charge on any atom is -0.444 e. The smallest absolute Gasteiger partial charge is 0.226 e. The fourth-order valence-electron chi connectivity index (χ4n) is 3.10. The molecule has 3 aromatic rings. The van der Waals surface area contributed by atoms with Gasteiger partial charge in [-0.1, -0.05) is 48.0 Å². The fourth-order valence-corrected chi connectivity index (χ4v) is 3.10. The molecule has 0 aliphatic heterocycles. The predicted molar refractivity (Wildman–Crippen MR) is 136 cm³/mol. The van der Waals surface area contributed by atoms with E-state index >= 15 is 0 Å². The quantitative estimate of drug-likeness (QED) is 0.219. The number of halogens is 1. The number of aliphatic hydroxyl groups excluding tert-OH is 1. The maximum atomic E-state index is 9.73. The van der Waals surface area contributed by atoms with Crippen molar-refractivity contribution in [3.63, 3.8) is 0 Å². The fraction of sp³-hybridized carbons (Fsp3) is 0.333. The van der Waals surface area contributed by atoms with Crippen LogP contribution in [-0.4, -0.2) is 42.3 Å². The first-order valence-electron chi connectivity index (χ1n) is 10.4. The Labute approximate surface area is 201 Å². The van der Waals surface area contributed by atoms with Crippen molar-refractivity contribution in [1.29, 1.82) is 0 Å². The molecule has 0 saturated heterocycles. The number of guanidine groups is 1. The molecule has 6 nitrogen and oxygen atoms in total. The van der Waals surface area contributed by atoms with Gasteiger partial charge in [-0.2, -0.15) is 0 Å². The first-order valence-corrected chi connectivity index (χ1v) is 10.4. The summed E-state index contributed by atoms with van der Waals surface area (Å²) in [6.07, 6.45) is 2.43. The molecule has 31 heavy (non-hydrogen) atoms. The molecule has 3 rings (SSSR count). The van der Waals surface area contributed by atoms with Crippen LogP contribution in [0.2, 0.25) is 0 Å². The van der Waals surface area contributed by atoms with Gasteiger partial charge in [-0.25, -0.2) is 4.98 Å². The molecule has 166 valence electrons. The average Bonchev–Trinajstić information content (AvgIpc) is 3.24. The summed E-state index contributed by atoms with van der Waals surface area (Å²) in [5, 5.41) is 16.3. The summed E-state index contributed by atoms with van der Waals surface area (Å²) < 4.78 is 5.63. The molecule has 2 aromatic carbocycles. The Balaban J connectivity index is 0.00000341. The number of aromatic nitrogens is 1. The Morgan fingerprint density at radius 1 is 1.10 bits per heavy atom. The van der Waals surface area contributed by atoms with E-state index in [-0.39, 0.29) is 36.5 Å². The molecule has 0 bridgehead atoms. The summed E-state index contributed by atoms with van der Waals surface area (Å²) in [6, 6.07) is 18.1. The second-order valence-electron chi connectivity index (χ2n) is 7.20. The van der Waals surface area contributed by atoms with Gasteiger partial charge in [0.15, 0.2) is 5.96 Å². The number of nitrogens with zero attached hydrogens (tertiary/aromatic N) is 2. The number of rotatable bonds is 9. The lowest BCUT2D eigenvalue weighted by Gasteiger charge is -2.15. The molecule has 0 amide bonds. The highest BCUT2D eigenvalue weighted by molar-refractivity contribution is 14.0. The van der Waals surface area contributed by atoms with Gasteiger partial charge >= 0.3 is 0 Å². The number of aliphatic hydroxyl groups is 1. The van der Waals surface area contributed by atoms with Crippen LogP contribution in [0.4, 0.5) is 0 Å². The Morgan fingerprint density at radius 2 is 1.84 bits per heavy atom.